The Kier molecular flexibility index (Phi) is 14.1. The van der Waals surface area contributed by atoms with Gasteiger partial charge >= 0.3 is 0 Å². The molecule has 0 aromatic carbocycles. The van der Waals surface area contributed by atoms with E-state index in [1.807, 2.05) is 0 Å². The van der Waals surface area contributed by atoms with Crippen molar-refractivity contribution >= 4 is 22.6 Å². The predicted molar refractivity (Wildman–Crippen MR) is 78.1 cm³/mol. The van der Waals surface area contributed by atoms with Gasteiger partial charge in [0.1, 0.15) is 0 Å². The smallest absolute Gasteiger partial charge is 0.0540 e. The Labute approximate surface area is 113 Å². The summed E-state index contributed by atoms with van der Waals surface area (Å²) in [4.78, 5) is 0. The maximum absolute atomic E-state index is 8.47. The summed E-state index contributed by atoms with van der Waals surface area (Å²) in [6.45, 7) is 0.125. The molecule has 0 spiro atoms. The van der Waals surface area contributed by atoms with E-state index in [9.17, 15) is 0 Å². The predicted octanol–water partition coefficient (Wildman–Crippen LogP) is 3.66. The lowest BCUT2D eigenvalue weighted by Crippen LogP contribution is -1.77. The lowest BCUT2D eigenvalue weighted by Gasteiger charge is -1.94. The van der Waals surface area contributed by atoms with Crippen LogP contribution in [0.5, 0.6) is 0 Å². The Morgan fingerprint density at radius 2 is 1.62 bits per heavy atom. The number of aliphatic hydroxyl groups excluding tert-OH is 1. The zero-order valence-corrected chi connectivity index (χ0v) is 11.8. The van der Waals surface area contributed by atoms with Crippen LogP contribution in [0.15, 0.2) is 10.2 Å². The molecule has 0 rings (SSSR count). The number of hydrogen-bond donors (Lipinski definition) is 1. The van der Waals surface area contributed by atoms with Crippen LogP contribution in [0, 0.1) is 23.7 Å². The summed E-state index contributed by atoms with van der Waals surface area (Å²) >= 11 is 2.25. The second kappa shape index (κ2) is 14.6. The normalized spacial score (nSPS) is 9.38. The van der Waals surface area contributed by atoms with E-state index in [0.29, 0.717) is 6.42 Å². The van der Waals surface area contributed by atoms with Gasteiger partial charge in [-0.15, -0.1) is 0 Å². The van der Waals surface area contributed by atoms with Gasteiger partial charge < -0.3 is 5.11 Å². The molecule has 0 aliphatic carbocycles. The monoisotopic (exact) mass is 330 g/mol. The summed E-state index contributed by atoms with van der Waals surface area (Å²) in [7, 11) is 0. The third kappa shape index (κ3) is 13.5. The van der Waals surface area contributed by atoms with E-state index >= 15 is 0 Å². The van der Waals surface area contributed by atoms with Gasteiger partial charge in [0.2, 0.25) is 0 Å². The fourth-order valence-corrected chi connectivity index (χ4v) is 1.52. The highest BCUT2D eigenvalue weighted by Crippen LogP contribution is 2.05. The van der Waals surface area contributed by atoms with Gasteiger partial charge in [-0.1, -0.05) is 53.3 Å². The Morgan fingerprint density at radius 3 is 2.31 bits per heavy atom. The number of unbranched alkanes of at least 4 members (excludes halogenated alkanes) is 5. The van der Waals surface area contributed by atoms with Gasteiger partial charge in [-0.2, -0.15) is 0 Å². The maximum Gasteiger partial charge on any atom is 0.0540 e. The van der Waals surface area contributed by atoms with Gasteiger partial charge in [0.15, 0.2) is 0 Å². The highest BCUT2D eigenvalue weighted by Gasteiger charge is 1.86. The molecule has 16 heavy (non-hydrogen) atoms. The summed E-state index contributed by atoms with van der Waals surface area (Å²) in [6.07, 6.45) is 9.87. The van der Waals surface area contributed by atoms with Crippen LogP contribution in [0.25, 0.3) is 0 Å². The molecule has 0 aromatic heterocycles. The average molecular weight is 330 g/mol. The molecule has 0 atom stereocenters. The molecule has 0 fully saturated rings. The van der Waals surface area contributed by atoms with Crippen LogP contribution in [0.3, 0.4) is 0 Å². The zero-order valence-electron chi connectivity index (χ0n) is 9.64. The molecule has 2 heteroatoms. The van der Waals surface area contributed by atoms with E-state index in [0.717, 1.165) is 6.42 Å². The minimum atomic E-state index is 0.125. The SMILES string of the molecule is OCCC#CC#CCCCCCCC=CI. The van der Waals surface area contributed by atoms with Crippen LogP contribution in [0.1, 0.15) is 44.9 Å². The highest BCUT2D eigenvalue weighted by molar-refractivity contribution is 14.1. The van der Waals surface area contributed by atoms with Gasteiger partial charge in [-0.25, -0.2) is 0 Å². The number of allylic oxidation sites excluding steroid dienone is 1. The van der Waals surface area contributed by atoms with Crippen molar-refractivity contribution in [2.24, 2.45) is 0 Å². The average Bonchev–Trinajstić information content (AvgIpc) is 2.31. The van der Waals surface area contributed by atoms with Crippen molar-refractivity contribution in [1.29, 1.82) is 0 Å². The van der Waals surface area contributed by atoms with Crippen molar-refractivity contribution in [1.82, 2.24) is 0 Å². The van der Waals surface area contributed by atoms with Gasteiger partial charge in [0.25, 0.3) is 0 Å². The first-order valence-corrected chi connectivity index (χ1v) is 6.98. The van der Waals surface area contributed by atoms with Crippen LogP contribution >= 0.6 is 22.6 Å². The molecule has 1 nitrogen and oxygen atoms in total. The largest absolute Gasteiger partial charge is 0.395 e. The lowest BCUT2D eigenvalue weighted by atomic mass is 10.1. The molecule has 88 valence electrons. The molecular weight excluding hydrogens is 311 g/mol. The van der Waals surface area contributed by atoms with Crippen molar-refractivity contribution in [3.05, 3.63) is 10.2 Å². The van der Waals surface area contributed by atoms with Gasteiger partial charge in [0.05, 0.1) is 6.61 Å². The Balaban J connectivity index is 3.24. The number of hydrogen-bond acceptors (Lipinski definition) is 1. The van der Waals surface area contributed by atoms with Gasteiger partial charge in [-0.3, -0.25) is 0 Å². The first kappa shape index (κ1) is 15.6. The molecule has 0 saturated heterocycles. The van der Waals surface area contributed by atoms with Crippen molar-refractivity contribution in [3.63, 3.8) is 0 Å². The molecular formula is C14H19IO. The third-order valence-electron chi connectivity index (χ3n) is 1.99. The van der Waals surface area contributed by atoms with Crippen molar-refractivity contribution in [2.75, 3.05) is 6.61 Å². The number of rotatable bonds is 7. The summed E-state index contributed by atoms with van der Waals surface area (Å²) in [5.41, 5.74) is 0. The zero-order chi connectivity index (χ0) is 11.9. The summed E-state index contributed by atoms with van der Waals surface area (Å²) in [6, 6.07) is 0. The fraction of sp³-hybridized carbons (Fsp3) is 0.571. The molecule has 0 aliphatic heterocycles. The van der Waals surface area contributed by atoms with E-state index in [1.165, 1.54) is 32.1 Å². The fourth-order valence-electron chi connectivity index (χ4n) is 1.16. The molecule has 0 aromatic rings. The summed E-state index contributed by atoms with van der Waals surface area (Å²) in [5, 5.41) is 8.47. The first-order valence-electron chi connectivity index (χ1n) is 5.73. The minimum Gasteiger partial charge on any atom is -0.395 e. The molecule has 0 aliphatic rings. The van der Waals surface area contributed by atoms with E-state index in [2.05, 4.69) is 56.4 Å². The Morgan fingerprint density at radius 1 is 0.938 bits per heavy atom. The standard InChI is InChI=1S/C14H19IO/c15-13-11-9-7-5-3-1-2-4-6-8-10-12-14-16/h11,13,16H,1-3,5,7,9,12,14H2. The summed E-state index contributed by atoms with van der Waals surface area (Å²) < 4.78 is 2.08. The second-order valence-electron chi connectivity index (χ2n) is 3.39. The number of aliphatic hydroxyl groups is 1. The van der Waals surface area contributed by atoms with Crippen LogP contribution in [-0.4, -0.2) is 11.7 Å². The number of halogens is 1. The van der Waals surface area contributed by atoms with Crippen molar-refractivity contribution < 1.29 is 5.11 Å². The molecule has 0 heterocycles. The van der Waals surface area contributed by atoms with Gasteiger partial charge in [-0.05, 0) is 35.2 Å². The molecule has 0 unspecified atom stereocenters. The Bertz CT molecular complexity index is 285. The van der Waals surface area contributed by atoms with Crippen LogP contribution in [0.2, 0.25) is 0 Å². The maximum atomic E-state index is 8.47. The second-order valence-corrected chi connectivity index (χ2v) is 4.11. The van der Waals surface area contributed by atoms with Crippen LogP contribution in [0.4, 0.5) is 0 Å². The Hall–Kier alpha value is -0.450. The van der Waals surface area contributed by atoms with E-state index in [1.54, 1.807) is 0 Å². The van der Waals surface area contributed by atoms with Crippen LogP contribution < -0.4 is 0 Å². The minimum absolute atomic E-state index is 0.125. The van der Waals surface area contributed by atoms with Crippen molar-refractivity contribution in [3.8, 4) is 23.7 Å². The van der Waals surface area contributed by atoms with E-state index < -0.39 is 0 Å². The molecule has 0 radical (unpaired) electrons. The first-order chi connectivity index (χ1) is 7.91. The van der Waals surface area contributed by atoms with Crippen LogP contribution in [-0.2, 0) is 0 Å². The van der Waals surface area contributed by atoms with Crippen molar-refractivity contribution in [2.45, 2.75) is 44.9 Å². The molecule has 0 saturated carbocycles. The van der Waals surface area contributed by atoms with E-state index in [-0.39, 0.29) is 6.61 Å². The van der Waals surface area contributed by atoms with E-state index in [4.69, 9.17) is 5.11 Å². The van der Waals surface area contributed by atoms with Gasteiger partial charge in [0, 0.05) is 12.8 Å². The summed E-state index contributed by atoms with van der Waals surface area (Å²) in [5.74, 6) is 11.3. The molecule has 0 amide bonds. The molecule has 1 N–H and O–H groups in total. The topological polar surface area (TPSA) is 20.2 Å². The molecule has 0 bridgehead atoms. The lowest BCUT2D eigenvalue weighted by molar-refractivity contribution is 0.305. The quantitative estimate of drug-likeness (QED) is 0.429. The third-order valence-corrected chi connectivity index (χ3v) is 2.50. The highest BCUT2D eigenvalue weighted by atomic mass is 127.